The molecule has 1 fully saturated rings. The maximum absolute atomic E-state index is 13.3. The molecule has 0 radical (unpaired) electrons. The highest BCUT2D eigenvalue weighted by molar-refractivity contribution is 6.37. The van der Waals surface area contributed by atoms with Gasteiger partial charge in [-0.2, -0.15) is 0 Å². The third-order valence-electron chi connectivity index (χ3n) is 6.49. The Morgan fingerprint density at radius 1 is 1.19 bits per heavy atom. The van der Waals surface area contributed by atoms with Gasteiger partial charge in [0.15, 0.2) is 11.6 Å². The number of halogens is 2. The van der Waals surface area contributed by atoms with Crippen molar-refractivity contribution < 1.29 is 14.3 Å². The van der Waals surface area contributed by atoms with Crippen LogP contribution >= 0.6 is 23.2 Å². The van der Waals surface area contributed by atoms with E-state index in [4.69, 9.17) is 33.7 Å². The van der Waals surface area contributed by atoms with E-state index in [1.807, 2.05) is 12.1 Å². The number of H-pyrrole nitrogens is 1. The molecular weight excluding hydrogens is 505 g/mol. The summed E-state index contributed by atoms with van der Waals surface area (Å²) in [5.41, 5.74) is 5.51. The number of carbonyl (C=O) groups is 2. The predicted octanol–water partition coefficient (Wildman–Crippen LogP) is 2.66. The zero-order chi connectivity index (χ0) is 25.3. The Kier molecular flexibility index (Phi) is 6.74. The molecule has 2 atom stereocenters. The Hall–Kier alpha value is -3.34. The number of nitrogens with two attached hydrogens (primary N) is 1. The molecular formula is C24H25Cl2N7O3. The fourth-order valence-corrected chi connectivity index (χ4v) is 5.40. The van der Waals surface area contributed by atoms with E-state index in [1.54, 1.807) is 24.3 Å². The van der Waals surface area contributed by atoms with Crippen molar-refractivity contribution in [3.8, 4) is 5.75 Å². The SMILES string of the molecule is NC(=O)C1(c2c(Cl)cccc2Cl)NC=NC1C(=O)Nc1nc2ccc(OCCN3CCCC3)cc2[nH]1. The van der Waals surface area contributed by atoms with Crippen LogP contribution in [0.15, 0.2) is 41.4 Å². The second kappa shape index (κ2) is 9.96. The number of aliphatic imine (C=N–C) groups is 1. The third-order valence-corrected chi connectivity index (χ3v) is 7.12. The average molecular weight is 530 g/mol. The minimum absolute atomic E-state index is 0.179. The summed E-state index contributed by atoms with van der Waals surface area (Å²) >= 11 is 12.7. The van der Waals surface area contributed by atoms with Crippen LogP contribution in [0.1, 0.15) is 18.4 Å². The minimum Gasteiger partial charge on any atom is -0.492 e. The van der Waals surface area contributed by atoms with E-state index in [0.29, 0.717) is 23.4 Å². The van der Waals surface area contributed by atoms with E-state index in [2.05, 4.69) is 30.5 Å². The second-order valence-electron chi connectivity index (χ2n) is 8.74. The standard InChI is InChI=1S/C24H25Cl2N7O3/c25-15-4-3-5-16(26)19(15)24(22(27)35)20(28-13-29-24)21(34)32-23-30-17-7-6-14(12-18(17)31-23)36-11-10-33-8-1-2-9-33/h3-7,12-13,20H,1-2,8-11H2,(H2,27,35)(H,28,29)(H2,30,31,32,34). The zero-order valence-corrected chi connectivity index (χ0v) is 20.8. The molecule has 0 bridgehead atoms. The average Bonchev–Trinajstić information content (AvgIpc) is 3.59. The number of carbonyl (C=O) groups excluding carboxylic acids is 2. The van der Waals surface area contributed by atoms with Crippen LogP contribution in [0.5, 0.6) is 5.75 Å². The van der Waals surface area contributed by atoms with Crippen molar-refractivity contribution in [3.05, 3.63) is 52.0 Å². The molecule has 2 unspecified atom stereocenters. The van der Waals surface area contributed by atoms with Gasteiger partial charge in [0.1, 0.15) is 12.4 Å². The lowest BCUT2D eigenvalue weighted by Crippen LogP contribution is -2.59. The van der Waals surface area contributed by atoms with Gasteiger partial charge in [-0.3, -0.25) is 24.8 Å². The summed E-state index contributed by atoms with van der Waals surface area (Å²) in [5, 5.41) is 5.86. The number of nitrogens with zero attached hydrogens (tertiary/aromatic N) is 3. The van der Waals surface area contributed by atoms with Crippen molar-refractivity contribution in [1.82, 2.24) is 20.2 Å². The first kappa shape index (κ1) is 24.4. The maximum Gasteiger partial charge on any atom is 0.254 e. The number of imidazole rings is 1. The fourth-order valence-electron chi connectivity index (χ4n) is 4.70. The van der Waals surface area contributed by atoms with Crippen molar-refractivity contribution >= 4 is 58.3 Å². The first-order valence-electron chi connectivity index (χ1n) is 11.6. The molecule has 36 heavy (non-hydrogen) atoms. The third kappa shape index (κ3) is 4.47. The van der Waals surface area contributed by atoms with Crippen LogP contribution in [0.3, 0.4) is 0 Å². The first-order valence-corrected chi connectivity index (χ1v) is 12.3. The van der Waals surface area contributed by atoms with E-state index in [9.17, 15) is 9.59 Å². The first-order chi connectivity index (χ1) is 17.4. The Morgan fingerprint density at radius 3 is 2.67 bits per heavy atom. The van der Waals surface area contributed by atoms with Crippen LogP contribution in [0.4, 0.5) is 5.95 Å². The summed E-state index contributed by atoms with van der Waals surface area (Å²) in [4.78, 5) is 40.0. The van der Waals surface area contributed by atoms with Gasteiger partial charge in [0.05, 0.1) is 17.4 Å². The molecule has 2 amide bonds. The molecule has 3 aromatic rings. The number of rotatable bonds is 8. The molecule has 0 spiro atoms. The van der Waals surface area contributed by atoms with E-state index >= 15 is 0 Å². The molecule has 0 saturated carbocycles. The van der Waals surface area contributed by atoms with Gasteiger partial charge in [-0.25, -0.2) is 4.98 Å². The van der Waals surface area contributed by atoms with E-state index in [-0.39, 0.29) is 21.6 Å². The zero-order valence-electron chi connectivity index (χ0n) is 19.3. The van der Waals surface area contributed by atoms with Gasteiger partial charge in [0, 0.05) is 28.2 Å². The number of ether oxygens (including phenoxy) is 1. The summed E-state index contributed by atoms with van der Waals surface area (Å²) in [6.07, 6.45) is 3.73. The summed E-state index contributed by atoms with van der Waals surface area (Å²) < 4.78 is 5.89. The summed E-state index contributed by atoms with van der Waals surface area (Å²) in [7, 11) is 0. The minimum atomic E-state index is -1.76. The number of aromatic nitrogens is 2. The highest BCUT2D eigenvalue weighted by atomic mass is 35.5. The number of benzene rings is 2. The number of amides is 2. The Balaban J connectivity index is 1.33. The number of aromatic amines is 1. The van der Waals surface area contributed by atoms with Crippen LogP contribution in [0.25, 0.3) is 11.0 Å². The van der Waals surface area contributed by atoms with Gasteiger partial charge in [0.2, 0.25) is 5.95 Å². The van der Waals surface area contributed by atoms with Gasteiger partial charge >= 0.3 is 0 Å². The molecule has 5 rings (SSSR count). The maximum atomic E-state index is 13.3. The monoisotopic (exact) mass is 529 g/mol. The molecule has 2 aromatic carbocycles. The number of anilines is 1. The summed E-state index contributed by atoms with van der Waals surface area (Å²) in [6, 6.07) is 8.95. The molecule has 10 nitrogen and oxygen atoms in total. The largest absolute Gasteiger partial charge is 0.492 e. The van der Waals surface area contributed by atoms with E-state index in [0.717, 1.165) is 19.6 Å². The number of primary amides is 1. The normalized spacial score (nSPS) is 21.6. The lowest BCUT2D eigenvalue weighted by molar-refractivity contribution is -0.129. The lowest BCUT2D eigenvalue weighted by atomic mass is 9.82. The van der Waals surface area contributed by atoms with Crippen molar-refractivity contribution in [1.29, 1.82) is 0 Å². The highest BCUT2D eigenvalue weighted by Gasteiger charge is 2.54. The summed E-state index contributed by atoms with van der Waals surface area (Å²) in [5.74, 6) is -0.577. The summed E-state index contributed by atoms with van der Waals surface area (Å²) in [6.45, 7) is 3.71. The van der Waals surface area contributed by atoms with E-state index in [1.165, 1.54) is 19.2 Å². The van der Waals surface area contributed by atoms with Crippen LogP contribution in [0, 0.1) is 0 Å². The molecule has 1 saturated heterocycles. The number of fused-ring (bicyclic) bond motifs is 1. The fraction of sp³-hybridized carbons (Fsp3) is 0.333. The van der Waals surface area contributed by atoms with Gasteiger partial charge < -0.3 is 20.8 Å². The van der Waals surface area contributed by atoms with Crippen LogP contribution < -0.4 is 21.1 Å². The van der Waals surface area contributed by atoms with Crippen molar-refractivity contribution in [2.75, 3.05) is 31.6 Å². The number of hydrogen-bond acceptors (Lipinski definition) is 7. The van der Waals surface area contributed by atoms with Gasteiger partial charge in [-0.1, -0.05) is 29.3 Å². The topological polar surface area (TPSA) is 138 Å². The van der Waals surface area contributed by atoms with Gasteiger partial charge in [-0.15, -0.1) is 0 Å². The predicted molar refractivity (Wildman–Crippen MR) is 139 cm³/mol. The van der Waals surface area contributed by atoms with Crippen LogP contribution in [0.2, 0.25) is 10.0 Å². The highest BCUT2D eigenvalue weighted by Crippen LogP contribution is 2.39. The van der Waals surface area contributed by atoms with Crippen molar-refractivity contribution in [2.24, 2.45) is 10.7 Å². The Labute approximate surface area is 217 Å². The second-order valence-corrected chi connectivity index (χ2v) is 9.56. The van der Waals surface area contributed by atoms with Gasteiger partial charge in [-0.05, 0) is 50.2 Å². The van der Waals surface area contributed by atoms with Gasteiger partial charge in [0.25, 0.3) is 11.8 Å². The molecule has 1 aromatic heterocycles. The van der Waals surface area contributed by atoms with Crippen molar-refractivity contribution in [2.45, 2.75) is 24.4 Å². The number of likely N-dealkylation sites (tertiary alicyclic amines) is 1. The number of nitrogens with one attached hydrogen (secondary N) is 3. The molecule has 12 heteroatoms. The number of hydrogen-bond donors (Lipinski definition) is 4. The van der Waals surface area contributed by atoms with Crippen molar-refractivity contribution in [3.63, 3.8) is 0 Å². The van der Waals surface area contributed by atoms with Crippen LogP contribution in [-0.2, 0) is 15.1 Å². The molecule has 5 N–H and O–H groups in total. The Bertz CT molecular complexity index is 1320. The molecule has 2 aliphatic heterocycles. The van der Waals surface area contributed by atoms with E-state index < -0.39 is 23.4 Å². The smallest absolute Gasteiger partial charge is 0.254 e. The molecule has 0 aliphatic carbocycles. The lowest BCUT2D eigenvalue weighted by Gasteiger charge is -2.32. The quantitative estimate of drug-likeness (QED) is 0.354. The molecule has 188 valence electrons. The molecule has 3 heterocycles. The Morgan fingerprint density at radius 2 is 1.94 bits per heavy atom. The van der Waals surface area contributed by atoms with Crippen LogP contribution in [-0.4, -0.2) is 65.3 Å². The molecule has 2 aliphatic rings.